The fourth-order valence-electron chi connectivity index (χ4n) is 3.53. The smallest absolute Gasteiger partial charge is 0.305 e. The second-order valence-electron chi connectivity index (χ2n) is 8.56. The van der Waals surface area contributed by atoms with Crippen molar-refractivity contribution in [2.75, 3.05) is 19.8 Å². The van der Waals surface area contributed by atoms with E-state index in [4.69, 9.17) is 4.74 Å². The van der Waals surface area contributed by atoms with Gasteiger partial charge >= 0.3 is 5.97 Å². The van der Waals surface area contributed by atoms with Gasteiger partial charge in [0.15, 0.2) is 0 Å². The molecule has 0 saturated carbocycles. The van der Waals surface area contributed by atoms with Gasteiger partial charge < -0.3 is 20.1 Å². The van der Waals surface area contributed by atoms with Gasteiger partial charge in [0.1, 0.15) is 6.61 Å². The van der Waals surface area contributed by atoms with Crippen molar-refractivity contribution < 1.29 is 24.2 Å². The Kier molecular flexibility index (Phi) is 11.4. The molecule has 1 saturated heterocycles. The second kappa shape index (κ2) is 13.2. The number of carbonyl (C=O) groups excluding carboxylic acids is 3. The molecule has 1 fully saturated rings. The first-order chi connectivity index (χ1) is 14.2. The summed E-state index contributed by atoms with van der Waals surface area (Å²) in [6, 6.07) is -0.160. The van der Waals surface area contributed by atoms with Crippen LogP contribution in [0.4, 0.5) is 0 Å². The molecule has 0 unspecified atom stereocenters. The molecule has 1 aliphatic heterocycles. The molecule has 1 aliphatic rings. The standard InChI is InChI=1S/C23H38N2O5/c1-5-7-8-9-13-21(28)30-17-23(3,4)24-22(29)18(11-6-2)15-20(27)25-14-10-12-19(25)16-26/h5-6,18-19,26H,1-2,7-17H2,3-4H3,(H,24,29)/t18-,19-/m0/s1. The molecular weight excluding hydrogens is 384 g/mol. The average Bonchev–Trinajstić information content (AvgIpc) is 3.18. The van der Waals surface area contributed by atoms with E-state index in [1.807, 2.05) is 6.08 Å². The number of unbranched alkanes of at least 4 members (excludes halogenated alkanes) is 2. The van der Waals surface area contributed by atoms with Gasteiger partial charge in [0, 0.05) is 19.4 Å². The third kappa shape index (κ3) is 9.11. The van der Waals surface area contributed by atoms with Crippen LogP contribution < -0.4 is 5.32 Å². The highest BCUT2D eigenvalue weighted by atomic mass is 16.5. The lowest BCUT2D eigenvalue weighted by Gasteiger charge is -2.29. The summed E-state index contributed by atoms with van der Waals surface area (Å²) in [7, 11) is 0. The van der Waals surface area contributed by atoms with Crippen molar-refractivity contribution >= 4 is 17.8 Å². The molecule has 2 atom stereocenters. The highest BCUT2D eigenvalue weighted by molar-refractivity contribution is 5.86. The van der Waals surface area contributed by atoms with E-state index in [1.54, 1.807) is 24.8 Å². The van der Waals surface area contributed by atoms with Gasteiger partial charge in [-0.25, -0.2) is 0 Å². The summed E-state index contributed by atoms with van der Waals surface area (Å²) in [4.78, 5) is 39.0. The predicted octanol–water partition coefficient (Wildman–Crippen LogP) is 2.74. The quantitative estimate of drug-likeness (QED) is 0.255. The van der Waals surface area contributed by atoms with E-state index >= 15 is 0 Å². The van der Waals surface area contributed by atoms with Crippen molar-refractivity contribution in [1.29, 1.82) is 0 Å². The third-order valence-corrected chi connectivity index (χ3v) is 5.25. The molecule has 7 heteroatoms. The Morgan fingerprint density at radius 3 is 2.63 bits per heavy atom. The Labute approximate surface area is 180 Å². The van der Waals surface area contributed by atoms with Crippen LogP contribution in [0, 0.1) is 5.92 Å². The molecule has 0 radical (unpaired) electrons. The van der Waals surface area contributed by atoms with Crippen LogP contribution in [0.1, 0.15) is 65.2 Å². The van der Waals surface area contributed by atoms with Gasteiger partial charge in [-0.1, -0.05) is 12.2 Å². The van der Waals surface area contributed by atoms with E-state index in [1.165, 1.54) is 0 Å². The summed E-state index contributed by atoms with van der Waals surface area (Å²) in [6.45, 7) is 11.5. The van der Waals surface area contributed by atoms with E-state index in [0.29, 0.717) is 19.4 Å². The molecule has 170 valence electrons. The number of nitrogens with one attached hydrogen (secondary N) is 1. The van der Waals surface area contributed by atoms with Crippen LogP contribution in [0.5, 0.6) is 0 Å². The second-order valence-corrected chi connectivity index (χ2v) is 8.56. The topological polar surface area (TPSA) is 95.9 Å². The van der Waals surface area contributed by atoms with Gasteiger partial charge in [-0.3, -0.25) is 14.4 Å². The van der Waals surface area contributed by atoms with Crippen LogP contribution in [0.15, 0.2) is 25.3 Å². The minimum atomic E-state index is -0.752. The number of hydrogen-bond acceptors (Lipinski definition) is 5. The molecule has 0 aromatic rings. The van der Waals surface area contributed by atoms with Crippen molar-refractivity contribution in [3.8, 4) is 0 Å². The van der Waals surface area contributed by atoms with Crippen molar-refractivity contribution in [1.82, 2.24) is 10.2 Å². The molecule has 0 spiro atoms. The van der Waals surface area contributed by atoms with Crippen LogP contribution in [-0.4, -0.2) is 59.1 Å². The number of likely N-dealkylation sites (tertiary alicyclic amines) is 1. The van der Waals surface area contributed by atoms with Crippen LogP contribution in [0.2, 0.25) is 0 Å². The molecule has 2 N–H and O–H groups in total. The van der Waals surface area contributed by atoms with Crippen molar-refractivity contribution in [3.05, 3.63) is 25.3 Å². The average molecular weight is 423 g/mol. The maximum atomic E-state index is 12.8. The van der Waals surface area contributed by atoms with Crippen molar-refractivity contribution in [2.45, 2.75) is 76.8 Å². The minimum Gasteiger partial charge on any atom is -0.463 e. The molecule has 1 heterocycles. The first-order valence-corrected chi connectivity index (χ1v) is 10.8. The number of carbonyl (C=O) groups is 3. The highest BCUT2D eigenvalue weighted by Crippen LogP contribution is 2.21. The Hall–Kier alpha value is -2.15. The molecule has 0 bridgehead atoms. The van der Waals surface area contributed by atoms with Gasteiger partial charge in [0.2, 0.25) is 11.8 Å². The Morgan fingerprint density at radius 1 is 1.27 bits per heavy atom. The van der Waals surface area contributed by atoms with E-state index in [-0.39, 0.29) is 43.5 Å². The molecular formula is C23H38N2O5. The van der Waals surface area contributed by atoms with Crippen molar-refractivity contribution in [3.63, 3.8) is 0 Å². The van der Waals surface area contributed by atoms with E-state index in [9.17, 15) is 19.5 Å². The zero-order valence-corrected chi connectivity index (χ0v) is 18.5. The summed E-state index contributed by atoms with van der Waals surface area (Å²) < 4.78 is 5.32. The normalized spacial score (nSPS) is 17.3. The molecule has 7 nitrogen and oxygen atoms in total. The number of esters is 1. The summed E-state index contributed by atoms with van der Waals surface area (Å²) in [5.41, 5.74) is -0.752. The molecule has 1 rings (SSSR count). The Bertz CT molecular complexity index is 602. The Morgan fingerprint density at radius 2 is 2.00 bits per heavy atom. The number of hydrogen-bond donors (Lipinski definition) is 2. The monoisotopic (exact) mass is 422 g/mol. The largest absolute Gasteiger partial charge is 0.463 e. The summed E-state index contributed by atoms with van der Waals surface area (Å²) in [5.74, 6) is -1.24. The predicted molar refractivity (Wildman–Crippen MR) is 117 cm³/mol. The molecule has 2 amide bonds. The zero-order chi connectivity index (χ0) is 22.6. The number of allylic oxidation sites excluding steroid dienone is 2. The number of amides is 2. The minimum absolute atomic E-state index is 0.0595. The number of rotatable bonds is 14. The number of aliphatic hydroxyl groups excluding tert-OH is 1. The highest BCUT2D eigenvalue weighted by Gasteiger charge is 2.32. The molecule has 0 aliphatic carbocycles. The van der Waals surface area contributed by atoms with Gasteiger partial charge in [-0.05, 0) is 52.4 Å². The van der Waals surface area contributed by atoms with Crippen LogP contribution >= 0.6 is 0 Å². The maximum absolute atomic E-state index is 12.8. The van der Waals surface area contributed by atoms with Gasteiger partial charge in [0.05, 0.1) is 24.1 Å². The lowest BCUT2D eigenvalue weighted by molar-refractivity contribution is -0.147. The van der Waals surface area contributed by atoms with E-state index in [2.05, 4.69) is 18.5 Å². The van der Waals surface area contributed by atoms with Gasteiger partial charge in [-0.2, -0.15) is 0 Å². The van der Waals surface area contributed by atoms with Crippen LogP contribution in [0.3, 0.4) is 0 Å². The lowest BCUT2D eigenvalue weighted by Crippen LogP contribution is -2.50. The Balaban J connectivity index is 2.55. The summed E-state index contributed by atoms with van der Waals surface area (Å²) in [5, 5.41) is 12.3. The fraction of sp³-hybridized carbons (Fsp3) is 0.696. The number of nitrogens with zero attached hydrogens (tertiary/aromatic N) is 1. The summed E-state index contributed by atoms with van der Waals surface area (Å²) in [6.07, 6.45) is 8.37. The molecule has 0 aromatic heterocycles. The molecule has 0 aromatic carbocycles. The zero-order valence-electron chi connectivity index (χ0n) is 18.5. The first kappa shape index (κ1) is 25.9. The third-order valence-electron chi connectivity index (χ3n) is 5.25. The van der Waals surface area contributed by atoms with E-state index < -0.39 is 11.5 Å². The SMILES string of the molecule is C=CCCCCC(=O)OCC(C)(C)NC(=O)[C@@H](CC=C)CC(=O)N1CCC[C@H]1CO. The van der Waals surface area contributed by atoms with Crippen LogP contribution in [-0.2, 0) is 19.1 Å². The number of ether oxygens (including phenoxy) is 1. The van der Waals surface area contributed by atoms with E-state index in [0.717, 1.165) is 32.1 Å². The molecule has 30 heavy (non-hydrogen) atoms. The number of aliphatic hydroxyl groups is 1. The summed E-state index contributed by atoms with van der Waals surface area (Å²) >= 11 is 0. The first-order valence-electron chi connectivity index (χ1n) is 10.8. The van der Waals surface area contributed by atoms with Gasteiger partial charge in [-0.15, -0.1) is 13.2 Å². The van der Waals surface area contributed by atoms with Crippen LogP contribution in [0.25, 0.3) is 0 Å². The lowest BCUT2D eigenvalue weighted by atomic mass is 9.97. The fourth-order valence-corrected chi connectivity index (χ4v) is 3.53. The van der Waals surface area contributed by atoms with Gasteiger partial charge in [0.25, 0.3) is 0 Å². The maximum Gasteiger partial charge on any atom is 0.305 e. The van der Waals surface area contributed by atoms with Crippen molar-refractivity contribution in [2.24, 2.45) is 5.92 Å².